The number of para-hydroxylation sites is 2. The van der Waals surface area contributed by atoms with E-state index >= 15 is 0 Å². The van der Waals surface area contributed by atoms with Gasteiger partial charge in [0.25, 0.3) is 0 Å². The summed E-state index contributed by atoms with van der Waals surface area (Å²) in [6, 6.07) is 18.0. The first-order chi connectivity index (χ1) is 11.7. The molecule has 3 rings (SSSR count). The van der Waals surface area contributed by atoms with Crippen molar-refractivity contribution in [2.45, 2.75) is 6.54 Å². The first-order valence-corrected chi connectivity index (χ1v) is 8.28. The highest BCUT2D eigenvalue weighted by atomic mass is 16.2. The summed E-state index contributed by atoms with van der Waals surface area (Å²) < 4.78 is 0. The van der Waals surface area contributed by atoms with Gasteiger partial charge in [-0.25, -0.2) is 0 Å². The third-order valence-corrected chi connectivity index (χ3v) is 4.13. The molecule has 0 spiro atoms. The molecule has 1 aliphatic rings. The Labute approximate surface area is 143 Å². The molecular formula is C19H24N4O. The minimum absolute atomic E-state index is 0.0271. The highest BCUT2D eigenvalue weighted by molar-refractivity contribution is 5.95. The fourth-order valence-corrected chi connectivity index (χ4v) is 2.86. The molecule has 1 fully saturated rings. The quantitative estimate of drug-likeness (QED) is 0.857. The van der Waals surface area contributed by atoms with E-state index in [9.17, 15) is 4.79 Å². The third kappa shape index (κ3) is 4.57. The van der Waals surface area contributed by atoms with Crippen molar-refractivity contribution in [2.75, 3.05) is 44.0 Å². The molecule has 2 aromatic carbocycles. The fourth-order valence-electron chi connectivity index (χ4n) is 2.86. The van der Waals surface area contributed by atoms with Gasteiger partial charge in [-0.3, -0.25) is 14.6 Å². The van der Waals surface area contributed by atoms with Crippen molar-refractivity contribution in [3.8, 4) is 0 Å². The largest absolute Gasteiger partial charge is 0.379 e. The Morgan fingerprint density at radius 2 is 1.71 bits per heavy atom. The van der Waals surface area contributed by atoms with E-state index in [0.717, 1.165) is 37.7 Å². The second kappa shape index (κ2) is 7.95. The summed E-state index contributed by atoms with van der Waals surface area (Å²) in [5.41, 5.74) is 2.97. The number of likely N-dealkylation sites (N-methyl/N-ethyl adjacent to an activating group) is 1. The predicted molar refractivity (Wildman–Crippen MR) is 97.9 cm³/mol. The zero-order valence-electron chi connectivity index (χ0n) is 14.0. The number of nitrogens with zero attached hydrogens (tertiary/aromatic N) is 2. The van der Waals surface area contributed by atoms with Crippen molar-refractivity contribution in [3.63, 3.8) is 0 Å². The summed E-state index contributed by atoms with van der Waals surface area (Å²) in [5.74, 6) is 0.0271. The van der Waals surface area contributed by atoms with Gasteiger partial charge in [0.2, 0.25) is 5.91 Å². The van der Waals surface area contributed by atoms with Crippen LogP contribution in [0, 0.1) is 0 Å². The van der Waals surface area contributed by atoms with Gasteiger partial charge in [0.05, 0.1) is 24.6 Å². The smallest absolute Gasteiger partial charge is 0.238 e. The van der Waals surface area contributed by atoms with Gasteiger partial charge in [0.15, 0.2) is 0 Å². The number of benzene rings is 2. The normalized spacial score (nSPS) is 15.4. The average molecular weight is 324 g/mol. The van der Waals surface area contributed by atoms with Crippen LogP contribution in [0.1, 0.15) is 5.56 Å². The summed E-state index contributed by atoms with van der Waals surface area (Å²) in [7, 11) is 2.07. The van der Waals surface area contributed by atoms with E-state index in [1.807, 2.05) is 42.5 Å². The van der Waals surface area contributed by atoms with Crippen LogP contribution < -0.4 is 10.6 Å². The number of nitrogens with one attached hydrogen (secondary N) is 2. The van der Waals surface area contributed by atoms with E-state index in [4.69, 9.17) is 0 Å². The average Bonchev–Trinajstić information content (AvgIpc) is 3.00. The number of carbonyl (C=O) groups is 1. The van der Waals surface area contributed by atoms with Crippen LogP contribution in [0.25, 0.3) is 0 Å². The number of hydrogen-bond donors (Lipinski definition) is 2. The second-order valence-corrected chi connectivity index (χ2v) is 6.21. The summed E-state index contributed by atoms with van der Waals surface area (Å²) in [6.45, 7) is 3.96. The first kappa shape index (κ1) is 16.5. The lowest BCUT2D eigenvalue weighted by Crippen LogP contribution is -2.32. The summed E-state index contributed by atoms with van der Waals surface area (Å²) in [6.07, 6.45) is 0. The Hall–Kier alpha value is -2.37. The van der Waals surface area contributed by atoms with Crippen molar-refractivity contribution in [1.29, 1.82) is 0 Å². The molecule has 1 amide bonds. The summed E-state index contributed by atoms with van der Waals surface area (Å²) in [5, 5.41) is 6.43. The zero-order chi connectivity index (χ0) is 16.8. The molecular weight excluding hydrogens is 300 g/mol. The van der Waals surface area contributed by atoms with Crippen LogP contribution in [0.5, 0.6) is 0 Å². The maximum atomic E-state index is 12.3. The standard InChI is InChI=1S/C19H24N4O/c1-22-11-12-23(15-22)14-19(24)21-18-10-6-5-9-17(18)20-13-16-7-3-2-4-8-16/h2-10,20H,11-15H2,1H3,(H,21,24). The lowest BCUT2D eigenvalue weighted by Gasteiger charge is -2.17. The van der Waals surface area contributed by atoms with Crippen LogP contribution in [0.2, 0.25) is 0 Å². The summed E-state index contributed by atoms with van der Waals surface area (Å²) >= 11 is 0. The van der Waals surface area contributed by atoms with Crippen LogP contribution >= 0.6 is 0 Å². The van der Waals surface area contributed by atoms with Gasteiger partial charge in [-0.15, -0.1) is 0 Å². The molecule has 24 heavy (non-hydrogen) atoms. The minimum Gasteiger partial charge on any atom is -0.379 e. The van der Waals surface area contributed by atoms with Crippen LogP contribution in [0.4, 0.5) is 11.4 Å². The zero-order valence-corrected chi connectivity index (χ0v) is 14.0. The van der Waals surface area contributed by atoms with Crippen LogP contribution in [0.15, 0.2) is 54.6 Å². The Morgan fingerprint density at radius 1 is 1.00 bits per heavy atom. The van der Waals surface area contributed by atoms with Gasteiger partial charge in [-0.1, -0.05) is 42.5 Å². The Bertz CT molecular complexity index is 674. The fraction of sp³-hybridized carbons (Fsp3) is 0.316. The van der Waals surface area contributed by atoms with E-state index in [2.05, 4.69) is 39.6 Å². The molecule has 5 nitrogen and oxygen atoms in total. The molecule has 126 valence electrons. The molecule has 0 saturated carbocycles. The Kier molecular flexibility index (Phi) is 5.46. The molecule has 0 aromatic heterocycles. The molecule has 1 saturated heterocycles. The lowest BCUT2D eigenvalue weighted by atomic mass is 10.2. The molecule has 2 aromatic rings. The summed E-state index contributed by atoms with van der Waals surface area (Å²) in [4.78, 5) is 16.7. The SMILES string of the molecule is CN1CCN(CC(=O)Nc2ccccc2NCc2ccccc2)C1. The van der Waals surface area contributed by atoms with Crippen molar-refractivity contribution in [3.05, 3.63) is 60.2 Å². The number of amides is 1. The maximum absolute atomic E-state index is 12.3. The Morgan fingerprint density at radius 3 is 2.42 bits per heavy atom. The van der Waals surface area contributed by atoms with Crippen molar-refractivity contribution >= 4 is 17.3 Å². The van der Waals surface area contributed by atoms with Gasteiger partial charge in [-0.05, 0) is 24.7 Å². The molecule has 1 aliphatic heterocycles. The van der Waals surface area contributed by atoms with E-state index in [1.54, 1.807) is 0 Å². The van der Waals surface area contributed by atoms with Crippen LogP contribution in [-0.4, -0.2) is 49.1 Å². The molecule has 0 unspecified atom stereocenters. The van der Waals surface area contributed by atoms with Gasteiger partial charge < -0.3 is 10.6 Å². The van der Waals surface area contributed by atoms with Crippen molar-refractivity contribution in [1.82, 2.24) is 9.80 Å². The van der Waals surface area contributed by atoms with Gasteiger partial charge in [0.1, 0.15) is 0 Å². The molecule has 0 radical (unpaired) electrons. The van der Waals surface area contributed by atoms with Crippen molar-refractivity contribution in [2.24, 2.45) is 0 Å². The molecule has 5 heteroatoms. The van der Waals surface area contributed by atoms with E-state index < -0.39 is 0 Å². The molecule has 0 aliphatic carbocycles. The molecule has 1 heterocycles. The van der Waals surface area contributed by atoms with E-state index in [1.165, 1.54) is 5.56 Å². The number of rotatable bonds is 6. The lowest BCUT2D eigenvalue weighted by molar-refractivity contribution is -0.117. The predicted octanol–water partition coefficient (Wildman–Crippen LogP) is 2.44. The van der Waals surface area contributed by atoms with Crippen LogP contribution in [-0.2, 0) is 11.3 Å². The highest BCUT2D eigenvalue weighted by Crippen LogP contribution is 2.21. The molecule has 2 N–H and O–H groups in total. The number of carbonyl (C=O) groups excluding carboxylic acids is 1. The van der Waals surface area contributed by atoms with E-state index in [0.29, 0.717) is 6.54 Å². The van der Waals surface area contributed by atoms with Gasteiger partial charge >= 0.3 is 0 Å². The van der Waals surface area contributed by atoms with Crippen LogP contribution in [0.3, 0.4) is 0 Å². The first-order valence-electron chi connectivity index (χ1n) is 8.28. The number of anilines is 2. The monoisotopic (exact) mass is 324 g/mol. The van der Waals surface area contributed by atoms with Gasteiger partial charge in [-0.2, -0.15) is 0 Å². The molecule has 0 atom stereocenters. The second-order valence-electron chi connectivity index (χ2n) is 6.21. The third-order valence-electron chi connectivity index (χ3n) is 4.13. The Balaban J connectivity index is 1.58. The minimum atomic E-state index is 0.0271. The maximum Gasteiger partial charge on any atom is 0.238 e. The molecule has 0 bridgehead atoms. The highest BCUT2D eigenvalue weighted by Gasteiger charge is 2.19. The topological polar surface area (TPSA) is 47.6 Å². The van der Waals surface area contributed by atoms with Crippen molar-refractivity contribution < 1.29 is 4.79 Å². The van der Waals surface area contributed by atoms with Gasteiger partial charge in [0, 0.05) is 19.6 Å². The number of hydrogen-bond acceptors (Lipinski definition) is 4. The van der Waals surface area contributed by atoms with E-state index in [-0.39, 0.29) is 5.91 Å².